The number of nitrogens with one attached hydrogen (secondary N) is 2. The van der Waals surface area contributed by atoms with Crippen molar-refractivity contribution in [1.82, 2.24) is 10.3 Å². The molecule has 0 spiro atoms. The summed E-state index contributed by atoms with van der Waals surface area (Å²) in [5, 5.41) is 2.97. The summed E-state index contributed by atoms with van der Waals surface area (Å²) in [4.78, 5) is 19.0. The molecule has 0 radical (unpaired) electrons. The van der Waals surface area contributed by atoms with Gasteiger partial charge < -0.3 is 10.2 Å². The lowest BCUT2D eigenvalue weighted by atomic mass is 9.95. The number of hydrogen-bond acceptors (Lipinski definition) is 5. The Labute approximate surface area is 178 Å². The van der Waals surface area contributed by atoms with E-state index in [4.69, 9.17) is 0 Å². The van der Waals surface area contributed by atoms with Crippen LogP contribution in [0.2, 0.25) is 0 Å². The van der Waals surface area contributed by atoms with E-state index in [1.807, 2.05) is 37.8 Å². The summed E-state index contributed by atoms with van der Waals surface area (Å²) in [5.74, 6) is 0.653. The SMILES string of the molecule is CCc1ccc(S(=O)(=O)Nc2cccnc2N2CCC(C(=O)NC(C)C)CC2)cc1. The first kappa shape index (κ1) is 22.1. The van der Waals surface area contributed by atoms with Crippen LogP contribution in [0.4, 0.5) is 11.5 Å². The Hall–Kier alpha value is -2.61. The molecule has 1 saturated heterocycles. The number of piperidine rings is 1. The Morgan fingerprint density at radius 3 is 2.43 bits per heavy atom. The van der Waals surface area contributed by atoms with Gasteiger partial charge in [-0.2, -0.15) is 0 Å². The van der Waals surface area contributed by atoms with Crippen molar-refractivity contribution >= 4 is 27.4 Å². The molecule has 1 aliphatic heterocycles. The molecule has 2 N–H and O–H groups in total. The molecule has 3 rings (SSSR count). The fourth-order valence-electron chi connectivity index (χ4n) is 3.59. The summed E-state index contributed by atoms with van der Waals surface area (Å²) in [5.41, 5.74) is 1.53. The highest BCUT2D eigenvalue weighted by Gasteiger charge is 2.27. The zero-order valence-corrected chi connectivity index (χ0v) is 18.6. The van der Waals surface area contributed by atoms with Gasteiger partial charge >= 0.3 is 0 Å². The molecule has 1 aliphatic rings. The summed E-state index contributed by atoms with van der Waals surface area (Å²) in [6.45, 7) is 7.23. The third kappa shape index (κ3) is 5.30. The Bertz CT molecular complexity index is 966. The summed E-state index contributed by atoms with van der Waals surface area (Å²) in [7, 11) is -3.72. The second-order valence-corrected chi connectivity index (χ2v) is 9.58. The third-order valence-electron chi connectivity index (χ3n) is 5.27. The van der Waals surface area contributed by atoms with Gasteiger partial charge in [-0.15, -0.1) is 0 Å². The number of hydrogen-bond donors (Lipinski definition) is 2. The van der Waals surface area contributed by atoms with Crippen LogP contribution in [0, 0.1) is 5.92 Å². The molecule has 0 aliphatic carbocycles. The number of aryl methyl sites for hydroxylation is 1. The number of nitrogens with zero attached hydrogens (tertiary/aromatic N) is 2. The molecule has 0 bridgehead atoms. The number of anilines is 2. The van der Waals surface area contributed by atoms with Crippen LogP contribution in [0.25, 0.3) is 0 Å². The number of pyridine rings is 1. The Balaban J connectivity index is 1.73. The lowest BCUT2D eigenvalue weighted by Crippen LogP contribution is -2.42. The summed E-state index contributed by atoms with van der Waals surface area (Å²) in [6.07, 6.45) is 3.92. The number of sulfonamides is 1. The van der Waals surface area contributed by atoms with E-state index in [2.05, 4.69) is 15.0 Å². The van der Waals surface area contributed by atoms with Crippen molar-refractivity contribution in [1.29, 1.82) is 0 Å². The molecule has 0 unspecified atom stereocenters. The monoisotopic (exact) mass is 430 g/mol. The summed E-state index contributed by atoms with van der Waals surface area (Å²) < 4.78 is 28.4. The maximum absolute atomic E-state index is 12.9. The highest BCUT2D eigenvalue weighted by atomic mass is 32.2. The van der Waals surface area contributed by atoms with Gasteiger partial charge in [-0.3, -0.25) is 9.52 Å². The lowest BCUT2D eigenvalue weighted by molar-refractivity contribution is -0.126. The average molecular weight is 431 g/mol. The maximum Gasteiger partial charge on any atom is 0.262 e. The zero-order valence-electron chi connectivity index (χ0n) is 17.8. The first-order valence-electron chi connectivity index (χ1n) is 10.4. The van der Waals surface area contributed by atoms with E-state index in [9.17, 15) is 13.2 Å². The molecule has 0 saturated carbocycles. The molecule has 8 heteroatoms. The molecule has 30 heavy (non-hydrogen) atoms. The van der Waals surface area contributed by atoms with Gasteiger partial charge in [0, 0.05) is 31.2 Å². The predicted octanol–water partition coefficient (Wildman–Crippen LogP) is 3.19. The van der Waals surface area contributed by atoms with E-state index in [1.54, 1.807) is 30.5 Å². The van der Waals surface area contributed by atoms with Gasteiger partial charge in [-0.05, 0) is 62.9 Å². The Morgan fingerprint density at radius 1 is 1.17 bits per heavy atom. The molecule has 1 fully saturated rings. The van der Waals surface area contributed by atoms with Gasteiger partial charge in [0.15, 0.2) is 5.82 Å². The van der Waals surface area contributed by atoms with E-state index in [1.165, 1.54) is 0 Å². The van der Waals surface area contributed by atoms with E-state index >= 15 is 0 Å². The fourth-order valence-corrected chi connectivity index (χ4v) is 4.65. The van der Waals surface area contributed by atoms with Crippen LogP contribution < -0.4 is 14.9 Å². The number of amides is 1. The minimum atomic E-state index is -3.72. The van der Waals surface area contributed by atoms with E-state index in [-0.39, 0.29) is 22.8 Å². The quantitative estimate of drug-likeness (QED) is 0.704. The molecule has 7 nitrogen and oxygen atoms in total. The molecule has 162 valence electrons. The molecule has 1 aromatic carbocycles. The normalized spacial score (nSPS) is 15.3. The third-order valence-corrected chi connectivity index (χ3v) is 6.65. The maximum atomic E-state index is 12.9. The largest absolute Gasteiger partial charge is 0.355 e. The van der Waals surface area contributed by atoms with Crippen LogP contribution >= 0.6 is 0 Å². The molecule has 1 aromatic heterocycles. The second-order valence-electron chi connectivity index (χ2n) is 7.90. The Morgan fingerprint density at radius 2 is 1.83 bits per heavy atom. The van der Waals surface area contributed by atoms with Crippen LogP contribution in [0.1, 0.15) is 39.2 Å². The van der Waals surface area contributed by atoms with Crippen LogP contribution in [-0.2, 0) is 21.2 Å². The molecule has 1 amide bonds. The van der Waals surface area contributed by atoms with E-state index in [0.717, 1.165) is 12.0 Å². The second kappa shape index (κ2) is 9.47. The van der Waals surface area contributed by atoms with Crippen molar-refractivity contribution in [3.8, 4) is 0 Å². The zero-order chi connectivity index (χ0) is 21.7. The fraction of sp³-hybridized carbons (Fsp3) is 0.455. The number of carbonyl (C=O) groups excluding carboxylic acids is 1. The van der Waals surface area contributed by atoms with Gasteiger partial charge in [0.2, 0.25) is 5.91 Å². The van der Waals surface area contributed by atoms with Crippen molar-refractivity contribution < 1.29 is 13.2 Å². The van der Waals surface area contributed by atoms with Crippen LogP contribution in [0.15, 0.2) is 47.5 Å². The van der Waals surface area contributed by atoms with Crippen LogP contribution in [0.3, 0.4) is 0 Å². The first-order valence-corrected chi connectivity index (χ1v) is 11.9. The number of rotatable bonds is 7. The first-order chi connectivity index (χ1) is 14.3. The summed E-state index contributed by atoms with van der Waals surface area (Å²) in [6, 6.07) is 10.4. The Kier molecular flexibility index (Phi) is 6.97. The van der Waals surface area contributed by atoms with Crippen molar-refractivity contribution in [3.05, 3.63) is 48.2 Å². The van der Waals surface area contributed by atoms with Gasteiger partial charge in [-0.25, -0.2) is 13.4 Å². The van der Waals surface area contributed by atoms with E-state index in [0.29, 0.717) is 37.4 Å². The molecule has 2 heterocycles. The number of benzene rings is 1. The average Bonchev–Trinajstić information content (AvgIpc) is 2.73. The van der Waals surface area contributed by atoms with Gasteiger partial charge in [0.1, 0.15) is 0 Å². The summed E-state index contributed by atoms with van der Waals surface area (Å²) >= 11 is 0. The lowest BCUT2D eigenvalue weighted by Gasteiger charge is -2.33. The topological polar surface area (TPSA) is 91.4 Å². The molecular formula is C22H30N4O3S. The molecule has 2 aromatic rings. The number of aromatic nitrogens is 1. The van der Waals surface area contributed by atoms with Crippen LogP contribution in [0.5, 0.6) is 0 Å². The van der Waals surface area contributed by atoms with Gasteiger partial charge in [-0.1, -0.05) is 19.1 Å². The minimum absolute atomic E-state index is 0.0235. The highest BCUT2D eigenvalue weighted by molar-refractivity contribution is 7.92. The number of carbonyl (C=O) groups is 1. The van der Waals surface area contributed by atoms with Gasteiger partial charge in [0.25, 0.3) is 10.0 Å². The van der Waals surface area contributed by atoms with Crippen molar-refractivity contribution in [2.45, 2.75) is 51.0 Å². The molecule has 0 atom stereocenters. The standard InChI is InChI=1S/C22H30N4O3S/c1-4-17-7-9-19(10-8-17)30(28,29)25-20-6-5-13-23-21(20)26-14-11-18(12-15-26)22(27)24-16(2)3/h5-10,13,16,18,25H,4,11-12,14-15H2,1-3H3,(H,24,27). The van der Waals surface area contributed by atoms with E-state index < -0.39 is 10.0 Å². The van der Waals surface area contributed by atoms with Crippen molar-refractivity contribution in [2.24, 2.45) is 5.92 Å². The highest BCUT2D eigenvalue weighted by Crippen LogP contribution is 2.29. The van der Waals surface area contributed by atoms with Crippen molar-refractivity contribution in [2.75, 3.05) is 22.7 Å². The van der Waals surface area contributed by atoms with Crippen molar-refractivity contribution in [3.63, 3.8) is 0 Å². The van der Waals surface area contributed by atoms with Gasteiger partial charge in [0.05, 0.1) is 10.6 Å². The predicted molar refractivity (Wildman–Crippen MR) is 119 cm³/mol. The minimum Gasteiger partial charge on any atom is -0.355 e. The molecular weight excluding hydrogens is 400 g/mol. The van der Waals surface area contributed by atoms with Crippen LogP contribution in [-0.4, -0.2) is 38.4 Å². The smallest absolute Gasteiger partial charge is 0.262 e.